The van der Waals surface area contributed by atoms with Crippen LogP contribution in [0, 0.1) is 10.1 Å². The number of halogens is 1. The third-order valence-electron chi connectivity index (χ3n) is 3.96. The number of nitro groups is 1. The van der Waals surface area contributed by atoms with Crippen LogP contribution in [0.1, 0.15) is 32.6 Å². The quantitative estimate of drug-likeness (QED) is 0.349. The van der Waals surface area contributed by atoms with Crippen LogP contribution >= 0.6 is 11.6 Å². The van der Waals surface area contributed by atoms with E-state index >= 15 is 0 Å². The molecule has 1 aliphatic rings. The molecule has 0 amide bonds. The second-order valence-corrected chi connectivity index (χ2v) is 6.06. The highest BCUT2D eigenvalue weighted by Crippen LogP contribution is 2.37. The van der Waals surface area contributed by atoms with Crippen LogP contribution in [0.4, 0.5) is 5.69 Å². The maximum atomic E-state index is 12.6. The molecule has 0 atom stereocenters. The molecule has 2 rings (SSSR count). The molecule has 7 nitrogen and oxygen atoms in total. The summed E-state index contributed by atoms with van der Waals surface area (Å²) in [4.78, 5) is 23.0. The van der Waals surface area contributed by atoms with E-state index in [2.05, 4.69) is 5.32 Å². The Balaban J connectivity index is 2.24. The Morgan fingerprint density at radius 1 is 1.42 bits per heavy atom. The van der Waals surface area contributed by atoms with E-state index in [1.807, 2.05) is 6.92 Å². The highest BCUT2D eigenvalue weighted by molar-refractivity contribution is 6.34. The van der Waals surface area contributed by atoms with E-state index in [9.17, 15) is 14.9 Å². The molecule has 1 saturated heterocycles. The van der Waals surface area contributed by atoms with Crippen LogP contribution in [-0.4, -0.2) is 36.2 Å². The third kappa shape index (κ3) is 4.15. The molecule has 24 heavy (non-hydrogen) atoms. The lowest BCUT2D eigenvalue weighted by atomic mass is 9.92. The number of rotatable bonds is 7. The van der Waals surface area contributed by atoms with E-state index in [0.717, 1.165) is 12.8 Å². The van der Waals surface area contributed by atoms with E-state index < -0.39 is 16.5 Å². The van der Waals surface area contributed by atoms with Gasteiger partial charge in [0.1, 0.15) is 5.75 Å². The fourth-order valence-corrected chi connectivity index (χ4v) is 2.78. The van der Waals surface area contributed by atoms with Crippen molar-refractivity contribution in [3.63, 3.8) is 0 Å². The molecule has 0 bridgehead atoms. The Morgan fingerprint density at radius 2 is 2.12 bits per heavy atom. The Labute approximate surface area is 145 Å². The first-order valence-corrected chi connectivity index (χ1v) is 8.38. The molecule has 0 unspecified atom stereocenters. The molecule has 0 aromatic heterocycles. The second kappa shape index (κ2) is 8.30. The summed E-state index contributed by atoms with van der Waals surface area (Å²) in [5.74, 6) is -0.319. The zero-order valence-electron chi connectivity index (χ0n) is 13.5. The number of nitrogens with zero attached hydrogens (tertiary/aromatic N) is 1. The molecule has 1 aromatic rings. The first-order valence-electron chi connectivity index (χ1n) is 8.00. The molecule has 0 saturated carbocycles. The number of piperidine rings is 1. The molecular weight excluding hydrogens is 336 g/mol. The molecule has 1 aliphatic heterocycles. The van der Waals surface area contributed by atoms with Crippen molar-refractivity contribution in [2.24, 2.45) is 0 Å². The predicted octanol–water partition coefficient (Wildman–Crippen LogP) is 3.09. The number of hydrogen-bond donors (Lipinski definition) is 1. The molecular formula is C16H21ClN2O5. The topological polar surface area (TPSA) is 90.7 Å². The molecule has 1 fully saturated rings. The zero-order chi connectivity index (χ0) is 17.6. The first-order chi connectivity index (χ1) is 11.5. The van der Waals surface area contributed by atoms with Crippen LogP contribution in [0.25, 0.3) is 0 Å². The SMILES string of the molecule is CCCCOC(=O)C1(Oc2cccc([N+](=O)[O-])c2Cl)CCNCC1. The first kappa shape index (κ1) is 18.5. The van der Waals surface area contributed by atoms with Gasteiger partial charge in [-0.1, -0.05) is 31.0 Å². The van der Waals surface area contributed by atoms with E-state index in [-0.39, 0.29) is 16.5 Å². The van der Waals surface area contributed by atoms with E-state index in [0.29, 0.717) is 32.5 Å². The van der Waals surface area contributed by atoms with Crippen LogP contribution < -0.4 is 10.1 Å². The van der Waals surface area contributed by atoms with Gasteiger partial charge in [-0.2, -0.15) is 0 Å². The number of benzene rings is 1. The third-order valence-corrected chi connectivity index (χ3v) is 4.34. The van der Waals surface area contributed by atoms with Crippen molar-refractivity contribution in [3.8, 4) is 5.75 Å². The summed E-state index contributed by atoms with van der Waals surface area (Å²) in [6.45, 7) is 3.52. The molecule has 0 radical (unpaired) electrons. The summed E-state index contributed by atoms with van der Waals surface area (Å²) >= 11 is 6.08. The van der Waals surface area contributed by atoms with Gasteiger partial charge in [0.15, 0.2) is 5.02 Å². The minimum absolute atomic E-state index is 0.109. The molecule has 1 heterocycles. The van der Waals surface area contributed by atoms with Gasteiger partial charge in [0.25, 0.3) is 5.69 Å². The summed E-state index contributed by atoms with van der Waals surface area (Å²) < 4.78 is 11.3. The van der Waals surface area contributed by atoms with Gasteiger partial charge < -0.3 is 14.8 Å². The van der Waals surface area contributed by atoms with Crippen molar-refractivity contribution in [1.29, 1.82) is 0 Å². The van der Waals surface area contributed by atoms with Gasteiger partial charge in [0.05, 0.1) is 11.5 Å². The van der Waals surface area contributed by atoms with Crippen LogP contribution in [0.5, 0.6) is 5.75 Å². The van der Waals surface area contributed by atoms with Crippen molar-refractivity contribution in [3.05, 3.63) is 33.3 Å². The maximum absolute atomic E-state index is 12.6. The van der Waals surface area contributed by atoms with Crippen molar-refractivity contribution in [2.45, 2.75) is 38.2 Å². The van der Waals surface area contributed by atoms with Crippen molar-refractivity contribution >= 4 is 23.3 Å². The molecule has 1 aromatic carbocycles. The van der Waals surface area contributed by atoms with Crippen LogP contribution in [0.15, 0.2) is 18.2 Å². The van der Waals surface area contributed by atoms with Gasteiger partial charge in [0, 0.05) is 18.9 Å². The second-order valence-electron chi connectivity index (χ2n) is 5.68. The standard InChI is InChI=1S/C16H21ClN2O5/c1-2-3-11-23-15(20)16(7-9-18-10-8-16)24-13-6-4-5-12(14(13)17)19(21)22/h4-6,18H,2-3,7-11H2,1H3. The normalized spacial score (nSPS) is 16.4. The van der Waals surface area contributed by atoms with Crippen molar-refractivity contribution in [2.75, 3.05) is 19.7 Å². The van der Waals surface area contributed by atoms with Gasteiger partial charge in [-0.3, -0.25) is 10.1 Å². The Morgan fingerprint density at radius 3 is 2.75 bits per heavy atom. The van der Waals surface area contributed by atoms with Crippen LogP contribution in [0.3, 0.4) is 0 Å². The lowest BCUT2D eigenvalue weighted by molar-refractivity contribution is -0.384. The number of unbranched alkanes of at least 4 members (excludes halogenated alkanes) is 1. The van der Waals surface area contributed by atoms with E-state index in [1.54, 1.807) is 0 Å². The highest BCUT2D eigenvalue weighted by Gasteiger charge is 2.44. The van der Waals surface area contributed by atoms with E-state index in [1.165, 1.54) is 18.2 Å². The molecule has 132 valence electrons. The molecule has 1 N–H and O–H groups in total. The predicted molar refractivity (Wildman–Crippen MR) is 89.4 cm³/mol. The summed E-state index contributed by atoms with van der Waals surface area (Å²) in [5.41, 5.74) is -1.42. The van der Waals surface area contributed by atoms with Crippen LogP contribution in [-0.2, 0) is 9.53 Å². The maximum Gasteiger partial charge on any atom is 0.350 e. The number of carbonyl (C=O) groups excluding carboxylic acids is 1. The number of hydrogen-bond acceptors (Lipinski definition) is 6. The zero-order valence-corrected chi connectivity index (χ0v) is 14.3. The minimum Gasteiger partial charge on any atom is -0.474 e. The minimum atomic E-state index is -1.17. The highest BCUT2D eigenvalue weighted by atomic mass is 35.5. The van der Waals surface area contributed by atoms with Crippen LogP contribution in [0.2, 0.25) is 5.02 Å². The Hall–Kier alpha value is -1.86. The monoisotopic (exact) mass is 356 g/mol. The lowest BCUT2D eigenvalue weighted by Gasteiger charge is -2.35. The van der Waals surface area contributed by atoms with Gasteiger partial charge >= 0.3 is 5.97 Å². The van der Waals surface area contributed by atoms with Gasteiger partial charge in [0.2, 0.25) is 5.60 Å². The number of esters is 1. The fraction of sp³-hybridized carbons (Fsp3) is 0.562. The molecule has 0 aliphatic carbocycles. The lowest BCUT2D eigenvalue weighted by Crippen LogP contribution is -2.53. The van der Waals surface area contributed by atoms with Gasteiger partial charge in [-0.05, 0) is 25.6 Å². The number of ether oxygens (including phenoxy) is 2. The largest absolute Gasteiger partial charge is 0.474 e. The van der Waals surface area contributed by atoms with Crippen molar-refractivity contribution in [1.82, 2.24) is 5.32 Å². The average Bonchev–Trinajstić information content (AvgIpc) is 2.57. The number of carbonyl (C=O) groups is 1. The van der Waals surface area contributed by atoms with Gasteiger partial charge in [-0.25, -0.2) is 4.79 Å². The molecule has 0 spiro atoms. The average molecular weight is 357 g/mol. The smallest absolute Gasteiger partial charge is 0.350 e. The van der Waals surface area contributed by atoms with Gasteiger partial charge in [-0.15, -0.1) is 0 Å². The summed E-state index contributed by atoms with van der Waals surface area (Å²) in [6, 6.07) is 4.30. The van der Waals surface area contributed by atoms with Crippen molar-refractivity contribution < 1.29 is 19.2 Å². The Bertz CT molecular complexity index is 602. The summed E-state index contributed by atoms with van der Waals surface area (Å²) in [5, 5.41) is 14.1. The Kier molecular flexibility index (Phi) is 6.39. The molecule has 8 heteroatoms. The number of nitrogens with one attached hydrogen (secondary N) is 1. The van der Waals surface area contributed by atoms with E-state index in [4.69, 9.17) is 21.1 Å². The number of nitro benzene ring substituents is 1. The summed E-state index contributed by atoms with van der Waals surface area (Å²) in [6.07, 6.45) is 2.52. The summed E-state index contributed by atoms with van der Waals surface area (Å²) in [7, 11) is 0. The fourth-order valence-electron chi connectivity index (χ4n) is 2.55.